The summed E-state index contributed by atoms with van der Waals surface area (Å²) in [5, 5.41) is 19.4. The second-order valence-electron chi connectivity index (χ2n) is 9.75. The normalized spacial score (nSPS) is 14.6. The fourth-order valence-corrected chi connectivity index (χ4v) is 6.44. The molecule has 204 valence electrons. The zero-order valence-electron chi connectivity index (χ0n) is 21.6. The lowest BCUT2D eigenvalue weighted by molar-refractivity contribution is 0.0910. The van der Waals surface area contributed by atoms with Crippen LogP contribution in [0.4, 0.5) is 11.4 Å². The van der Waals surface area contributed by atoms with Crippen LogP contribution in [0, 0.1) is 13.8 Å². The van der Waals surface area contributed by atoms with Crippen molar-refractivity contribution in [3.8, 4) is 11.5 Å². The molecule has 2 aliphatic rings. The number of imide groups is 2. The molecule has 11 heteroatoms. The summed E-state index contributed by atoms with van der Waals surface area (Å²) in [5.74, 6) is -2.77. The third kappa shape index (κ3) is 3.81. The molecular formula is C30H20N2O8S. The Bertz CT molecular complexity index is 1860. The molecule has 0 bridgehead atoms. The third-order valence-electron chi connectivity index (χ3n) is 7.18. The molecule has 0 aliphatic carbocycles. The number of aromatic hydroxyl groups is 2. The highest BCUT2D eigenvalue weighted by atomic mass is 32.2. The van der Waals surface area contributed by atoms with E-state index in [0.29, 0.717) is 11.1 Å². The highest BCUT2D eigenvalue weighted by Gasteiger charge is 2.40. The largest absolute Gasteiger partial charge is 0.508 e. The van der Waals surface area contributed by atoms with E-state index in [0.717, 1.165) is 21.9 Å². The van der Waals surface area contributed by atoms with Gasteiger partial charge in [0.25, 0.3) is 23.6 Å². The first-order chi connectivity index (χ1) is 19.4. The zero-order valence-corrected chi connectivity index (χ0v) is 22.4. The Morgan fingerprint density at radius 1 is 0.512 bits per heavy atom. The molecule has 0 atom stereocenters. The molecule has 2 aliphatic heterocycles. The van der Waals surface area contributed by atoms with Crippen LogP contribution in [0.3, 0.4) is 0 Å². The first-order valence-electron chi connectivity index (χ1n) is 12.3. The number of phenols is 2. The molecule has 0 radical (unpaired) electrons. The predicted octanol–water partition coefficient (Wildman–Crippen LogP) is 4.15. The fraction of sp³-hybridized carbons (Fsp3) is 0.0667. The number of hydrogen-bond donors (Lipinski definition) is 2. The van der Waals surface area contributed by atoms with Crippen LogP contribution in [0.1, 0.15) is 52.6 Å². The Balaban J connectivity index is 1.37. The summed E-state index contributed by atoms with van der Waals surface area (Å²) >= 11 is 0. The maximum Gasteiger partial charge on any atom is 0.266 e. The van der Waals surface area contributed by atoms with E-state index in [1.54, 1.807) is 13.8 Å². The molecule has 6 rings (SSSR count). The summed E-state index contributed by atoms with van der Waals surface area (Å²) in [7, 11) is -4.29. The van der Waals surface area contributed by atoms with Crippen molar-refractivity contribution in [3.05, 3.63) is 106 Å². The van der Waals surface area contributed by atoms with Crippen molar-refractivity contribution >= 4 is 44.8 Å². The Labute approximate surface area is 233 Å². The van der Waals surface area contributed by atoms with E-state index in [1.807, 2.05) is 0 Å². The van der Waals surface area contributed by atoms with Crippen LogP contribution in [-0.2, 0) is 9.84 Å². The van der Waals surface area contributed by atoms with Gasteiger partial charge < -0.3 is 10.2 Å². The number of sulfone groups is 1. The molecule has 4 aromatic carbocycles. The first-order valence-corrected chi connectivity index (χ1v) is 13.8. The smallest absolute Gasteiger partial charge is 0.266 e. The highest BCUT2D eigenvalue weighted by molar-refractivity contribution is 7.91. The Morgan fingerprint density at radius 2 is 0.878 bits per heavy atom. The first kappa shape index (κ1) is 26.0. The molecule has 2 N–H and O–H groups in total. The minimum absolute atomic E-state index is 0.0241. The van der Waals surface area contributed by atoms with Gasteiger partial charge in [0.15, 0.2) is 0 Å². The lowest BCUT2D eigenvalue weighted by atomic mass is 10.1. The van der Waals surface area contributed by atoms with Gasteiger partial charge in [-0.25, -0.2) is 18.2 Å². The highest BCUT2D eigenvalue weighted by Crippen LogP contribution is 2.36. The number of phenolic OH excluding ortho intramolecular Hbond substituents is 2. The van der Waals surface area contributed by atoms with E-state index in [1.165, 1.54) is 60.7 Å². The van der Waals surface area contributed by atoms with Gasteiger partial charge in [-0.1, -0.05) is 0 Å². The number of nitrogens with zero attached hydrogens (tertiary/aromatic N) is 2. The summed E-state index contributed by atoms with van der Waals surface area (Å²) in [6.45, 7) is 3.25. The summed E-state index contributed by atoms with van der Waals surface area (Å²) in [6.07, 6.45) is 0. The zero-order chi connectivity index (χ0) is 29.4. The van der Waals surface area contributed by atoms with E-state index in [4.69, 9.17) is 0 Å². The van der Waals surface area contributed by atoms with E-state index in [-0.39, 0.29) is 54.9 Å². The number of benzene rings is 4. The maximum atomic E-state index is 13.6. The molecule has 4 aromatic rings. The van der Waals surface area contributed by atoms with Crippen LogP contribution in [0.25, 0.3) is 0 Å². The third-order valence-corrected chi connectivity index (χ3v) is 8.93. The number of fused-ring (bicyclic) bond motifs is 2. The molecule has 2 heterocycles. The number of aryl methyl sites for hydroxylation is 2. The van der Waals surface area contributed by atoms with Crippen LogP contribution in [0.2, 0.25) is 0 Å². The van der Waals surface area contributed by atoms with Crippen molar-refractivity contribution in [3.63, 3.8) is 0 Å². The van der Waals surface area contributed by atoms with Crippen molar-refractivity contribution < 1.29 is 37.8 Å². The number of hydrogen-bond acceptors (Lipinski definition) is 8. The van der Waals surface area contributed by atoms with Gasteiger partial charge in [0.2, 0.25) is 9.84 Å². The van der Waals surface area contributed by atoms with Crippen molar-refractivity contribution in [2.24, 2.45) is 0 Å². The number of amides is 4. The van der Waals surface area contributed by atoms with Gasteiger partial charge in [0, 0.05) is 0 Å². The molecule has 41 heavy (non-hydrogen) atoms. The van der Waals surface area contributed by atoms with Crippen molar-refractivity contribution in [2.75, 3.05) is 9.80 Å². The average Bonchev–Trinajstić information content (AvgIpc) is 3.33. The Morgan fingerprint density at radius 3 is 1.24 bits per heavy atom. The summed E-state index contributed by atoms with van der Waals surface area (Å²) < 4.78 is 27.2. The van der Waals surface area contributed by atoms with Gasteiger partial charge in [-0.3, -0.25) is 19.2 Å². The average molecular weight is 569 g/mol. The molecule has 10 nitrogen and oxygen atoms in total. The van der Waals surface area contributed by atoms with Crippen molar-refractivity contribution in [1.29, 1.82) is 0 Å². The second-order valence-corrected chi connectivity index (χ2v) is 11.7. The molecule has 0 fully saturated rings. The van der Waals surface area contributed by atoms with E-state index in [9.17, 15) is 37.8 Å². The molecular weight excluding hydrogens is 548 g/mol. The van der Waals surface area contributed by atoms with Gasteiger partial charge in [-0.05, 0) is 97.8 Å². The maximum absolute atomic E-state index is 13.6. The lowest BCUT2D eigenvalue weighted by Gasteiger charge is -2.16. The van der Waals surface area contributed by atoms with E-state index >= 15 is 0 Å². The van der Waals surface area contributed by atoms with Crippen LogP contribution in [0.15, 0.2) is 82.6 Å². The van der Waals surface area contributed by atoms with Crippen LogP contribution in [0.5, 0.6) is 11.5 Å². The predicted molar refractivity (Wildman–Crippen MR) is 146 cm³/mol. The topological polar surface area (TPSA) is 149 Å². The molecule has 0 saturated heterocycles. The fourth-order valence-electron chi connectivity index (χ4n) is 5.13. The van der Waals surface area contributed by atoms with Crippen LogP contribution >= 0.6 is 0 Å². The molecule has 4 amide bonds. The van der Waals surface area contributed by atoms with Crippen LogP contribution < -0.4 is 9.80 Å². The van der Waals surface area contributed by atoms with Gasteiger partial charge in [0.1, 0.15) is 11.5 Å². The molecule has 0 unspecified atom stereocenters. The van der Waals surface area contributed by atoms with Gasteiger partial charge in [-0.2, -0.15) is 0 Å². The number of carbonyl (C=O) groups is 4. The monoisotopic (exact) mass is 568 g/mol. The number of rotatable bonds is 4. The summed E-state index contributed by atoms with van der Waals surface area (Å²) in [4.78, 5) is 54.0. The number of anilines is 2. The quantitative estimate of drug-likeness (QED) is 0.349. The Kier molecular flexibility index (Phi) is 5.61. The van der Waals surface area contributed by atoms with Gasteiger partial charge >= 0.3 is 0 Å². The van der Waals surface area contributed by atoms with Gasteiger partial charge in [-0.15, -0.1) is 0 Å². The standard InChI is InChI=1S/C30H20N2O8S/c1-15-11-17(33)3-9-25(15)31-27(35)21-7-5-19(13-23(21)29(31)37)41(39,40)20-6-8-22-24(14-20)30(38)32(28(22)36)26-10-4-18(34)12-16(26)2/h3-14,33-34H,1-2H3. The number of carbonyl (C=O) groups excluding carboxylic acids is 4. The Hall–Kier alpha value is -5.29. The SMILES string of the molecule is Cc1cc(O)ccc1N1C(=O)c2ccc(S(=O)(=O)c3ccc4c(c3)C(=O)N(c3ccc(O)cc3C)C4=O)cc2C1=O. The van der Waals surface area contributed by atoms with E-state index < -0.39 is 33.5 Å². The minimum Gasteiger partial charge on any atom is -0.508 e. The molecule has 0 aromatic heterocycles. The second kappa shape index (κ2) is 8.86. The van der Waals surface area contributed by atoms with Crippen molar-refractivity contribution in [1.82, 2.24) is 0 Å². The van der Waals surface area contributed by atoms with E-state index in [2.05, 4.69) is 0 Å². The van der Waals surface area contributed by atoms with Gasteiger partial charge in [0.05, 0.1) is 43.4 Å². The molecule has 0 spiro atoms. The molecule has 0 saturated carbocycles. The summed E-state index contributed by atoms with van der Waals surface area (Å²) in [5.41, 5.74) is 1.30. The summed E-state index contributed by atoms with van der Waals surface area (Å²) in [6, 6.07) is 15.5. The van der Waals surface area contributed by atoms with Crippen molar-refractivity contribution in [2.45, 2.75) is 23.6 Å². The lowest BCUT2D eigenvalue weighted by Crippen LogP contribution is -2.30. The minimum atomic E-state index is -4.29. The van der Waals surface area contributed by atoms with Crippen LogP contribution in [-0.4, -0.2) is 42.3 Å².